The molecule has 0 spiro atoms. The van der Waals surface area contributed by atoms with Gasteiger partial charge in [-0.15, -0.1) is 0 Å². The summed E-state index contributed by atoms with van der Waals surface area (Å²) in [6.45, 7) is 4.13. The van der Waals surface area contributed by atoms with Crippen molar-refractivity contribution in [3.8, 4) is 5.88 Å². The lowest BCUT2D eigenvalue weighted by Crippen LogP contribution is -2.34. The van der Waals surface area contributed by atoms with Crippen molar-refractivity contribution in [2.24, 2.45) is 5.92 Å². The summed E-state index contributed by atoms with van der Waals surface area (Å²) in [4.78, 5) is 29.0. The first-order chi connectivity index (χ1) is 15.6. The van der Waals surface area contributed by atoms with Crippen molar-refractivity contribution in [3.63, 3.8) is 0 Å². The first-order valence-corrected chi connectivity index (χ1v) is 10.4. The van der Waals surface area contributed by atoms with Crippen LogP contribution in [0, 0.1) is 5.92 Å². The number of alkyl halides is 3. The van der Waals surface area contributed by atoms with Crippen LogP contribution in [-0.2, 0) is 12.7 Å². The molecule has 11 heteroatoms. The van der Waals surface area contributed by atoms with E-state index < -0.39 is 29.2 Å². The predicted octanol–water partition coefficient (Wildman–Crippen LogP) is 3.33. The first kappa shape index (κ1) is 22.6. The van der Waals surface area contributed by atoms with E-state index in [0.29, 0.717) is 17.7 Å². The number of fused-ring (bicyclic) bond motifs is 1. The Kier molecular flexibility index (Phi) is 5.73. The molecule has 0 atom stereocenters. The quantitative estimate of drug-likeness (QED) is 0.587. The van der Waals surface area contributed by atoms with E-state index in [1.54, 1.807) is 6.08 Å². The van der Waals surface area contributed by atoms with Gasteiger partial charge in [0.15, 0.2) is 5.56 Å². The van der Waals surface area contributed by atoms with Crippen molar-refractivity contribution in [1.29, 1.82) is 0 Å². The van der Waals surface area contributed by atoms with Gasteiger partial charge in [-0.05, 0) is 36.5 Å². The second-order valence-corrected chi connectivity index (χ2v) is 8.40. The van der Waals surface area contributed by atoms with Crippen molar-refractivity contribution in [3.05, 3.63) is 57.3 Å². The molecular weight excluding hydrogens is 439 g/mol. The van der Waals surface area contributed by atoms with Gasteiger partial charge < -0.3 is 10.4 Å². The van der Waals surface area contributed by atoms with Crippen molar-refractivity contribution in [2.75, 3.05) is 0 Å². The Morgan fingerprint density at radius 2 is 2.00 bits per heavy atom. The minimum absolute atomic E-state index is 0.000921. The molecule has 0 saturated heterocycles. The van der Waals surface area contributed by atoms with E-state index >= 15 is 0 Å². The second kappa shape index (κ2) is 8.38. The van der Waals surface area contributed by atoms with Crippen molar-refractivity contribution < 1.29 is 23.1 Å². The van der Waals surface area contributed by atoms with Gasteiger partial charge in [-0.2, -0.15) is 22.8 Å². The van der Waals surface area contributed by atoms with E-state index in [4.69, 9.17) is 0 Å². The average molecular weight is 461 g/mol. The van der Waals surface area contributed by atoms with Gasteiger partial charge in [0.05, 0.1) is 6.20 Å². The second-order valence-electron chi connectivity index (χ2n) is 8.40. The molecule has 3 aromatic heterocycles. The summed E-state index contributed by atoms with van der Waals surface area (Å²) >= 11 is 0. The zero-order valence-corrected chi connectivity index (χ0v) is 17.9. The predicted molar refractivity (Wildman–Crippen MR) is 115 cm³/mol. The van der Waals surface area contributed by atoms with E-state index in [9.17, 15) is 27.9 Å². The largest absolute Gasteiger partial charge is 0.494 e. The molecule has 1 fully saturated rings. The number of nitrogens with zero attached hydrogens (tertiary/aromatic N) is 4. The normalized spacial score (nSPS) is 14.5. The van der Waals surface area contributed by atoms with E-state index in [1.165, 1.54) is 22.9 Å². The molecule has 1 saturated carbocycles. The summed E-state index contributed by atoms with van der Waals surface area (Å²) in [5, 5.41) is 17.7. The number of amides is 1. The van der Waals surface area contributed by atoms with Crippen LogP contribution in [0.4, 0.5) is 13.2 Å². The van der Waals surface area contributed by atoms with Crippen LogP contribution in [0.5, 0.6) is 5.88 Å². The minimum atomic E-state index is -4.53. The summed E-state index contributed by atoms with van der Waals surface area (Å²) in [6, 6.07) is 2.15. The Hall–Kier alpha value is -3.63. The molecule has 33 heavy (non-hydrogen) atoms. The highest BCUT2D eigenvalue weighted by Crippen LogP contribution is 2.28. The molecule has 0 bridgehead atoms. The van der Waals surface area contributed by atoms with E-state index in [0.717, 1.165) is 29.6 Å². The molecule has 3 heterocycles. The molecule has 1 amide bonds. The minimum Gasteiger partial charge on any atom is -0.494 e. The SMILES string of the molecule is CC(C)Cn1c(O)c(C(=O)NC2CC2)c(=O)n2ncc(/C=C/c3ccc(C(F)(F)F)nc3)c12. The number of carbonyl (C=O) groups excluding carboxylic acids is 1. The highest BCUT2D eigenvalue weighted by molar-refractivity contribution is 5.96. The van der Waals surface area contributed by atoms with Crippen molar-refractivity contribution in [2.45, 2.75) is 45.5 Å². The molecule has 2 N–H and O–H groups in total. The van der Waals surface area contributed by atoms with Crippen LogP contribution in [-0.4, -0.2) is 36.2 Å². The maximum atomic E-state index is 13.0. The van der Waals surface area contributed by atoms with Gasteiger partial charge >= 0.3 is 6.18 Å². The highest BCUT2D eigenvalue weighted by atomic mass is 19.4. The third-order valence-corrected chi connectivity index (χ3v) is 5.13. The Morgan fingerprint density at radius 3 is 2.58 bits per heavy atom. The Morgan fingerprint density at radius 1 is 1.27 bits per heavy atom. The lowest BCUT2D eigenvalue weighted by atomic mass is 10.2. The third-order valence-electron chi connectivity index (χ3n) is 5.13. The van der Waals surface area contributed by atoms with Crippen LogP contribution in [0.25, 0.3) is 17.8 Å². The van der Waals surface area contributed by atoms with Gasteiger partial charge in [0.1, 0.15) is 11.3 Å². The molecule has 0 radical (unpaired) electrons. The van der Waals surface area contributed by atoms with Gasteiger partial charge in [0.25, 0.3) is 11.5 Å². The Balaban J connectivity index is 1.77. The highest BCUT2D eigenvalue weighted by Gasteiger charge is 2.32. The molecule has 1 aliphatic rings. The maximum absolute atomic E-state index is 13.0. The molecule has 0 aliphatic heterocycles. The summed E-state index contributed by atoms with van der Waals surface area (Å²) in [7, 11) is 0. The van der Waals surface area contributed by atoms with E-state index in [1.807, 2.05) is 13.8 Å². The van der Waals surface area contributed by atoms with Gasteiger partial charge in [-0.1, -0.05) is 26.0 Å². The van der Waals surface area contributed by atoms with Crippen LogP contribution in [0.3, 0.4) is 0 Å². The fourth-order valence-corrected chi connectivity index (χ4v) is 3.41. The van der Waals surface area contributed by atoms with Crippen LogP contribution in [0.1, 0.15) is 53.9 Å². The average Bonchev–Trinajstić information content (AvgIpc) is 3.44. The molecule has 4 rings (SSSR count). The van der Waals surface area contributed by atoms with E-state index in [-0.39, 0.29) is 23.2 Å². The smallest absolute Gasteiger partial charge is 0.433 e. The van der Waals surface area contributed by atoms with Gasteiger partial charge in [0, 0.05) is 24.3 Å². The number of hydrogen-bond donors (Lipinski definition) is 2. The summed E-state index contributed by atoms with van der Waals surface area (Å²) < 4.78 is 40.6. The molecule has 174 valence electrons. The summed E-state index contributed by atoms with van der Waals surface area (Å²) in [6.07, 6.45) is 2.69. The lowest BCUT2D eigenvalue weighted by Gasteiger charge is -2.17. The zero-order valence-electron chi connectivity index (χ0n) is 17.9. The Labute approximate surface area is 186 Å². The molecule has 0 unspecified atom stereocenters. The van der Waals surface area contributed by atoms with Crippen LogP contribution in [0.2, 0.25) is 0 Å². The number of pyridine rings is 1. The molecule has 0 aromatic carbocycles. The van der Waals surface area contributed by atoms with Crippen molar-refractivity contribution >= 4 is 23.7 Å². The summed E-state index contributed by atoms with van der Waals surface area (Å²) in [5.41, 5.74) is -1.01. The molecular formula is C22H22F3N5O3. The number of aromatic hydroxyl groups is 1. The first-order valence-electron chi connectivity index (χ1n) is 10.4. The van der Waals surface area contributed by atoms with Gasteiger partial charge in [0.2, 0.25) is 5.88 Å². The lowest BCUT2D eigenvalue weighted by molar-refractivity contribution is -0.141. The molecule has 1 aliphatic carbocycles. The summed E-state index contributed by atoms with van der Waals surface area (Å²) in [5.74, 6) is -1.04. The van der Waals surface area contributed by atoms with Crippen molar-refractivity contribution in [1.82, 2.24) is 24.5 Å². The van der Waals surface area contributed by atoms with Crippen LogP contribution >= 0.6 is 0 Å². The monoisotopic (exact) mass is 461 g/mol. The molecule has 3 aromatic rings. The fraction of sp³-hybridized carbons (Fsp3) is 0.364. The number of halogens is 3. The fourth-order valence-electron chi connectivity index (χ4n) is 3.41. The van der Waals surface area contributed by atoms with Crippen LogP contribution in [0.15, 0.2) is 29.3 Å². The van der Waals surface area contributed by atoms with E-state index in [2.05, 4.69) is 15.4 Å². The van der Waals surface area contributed by atoms with Gasteiger partial charge in [-0.3, -0.25) is 19.1 Å². The molecule has 8 nitrogen and oxygen atoms in total. The topological polar surface area (TPSA) is 102 Å². The number of hydrogen-bond acceptors (Lipinski definition) is 5. The van der Waals surface area contributed by atoms with Gasteiger partial charge in [-0.25, -0.2) is 0 Å². The maximum Gasteiger partial charge on any atom is 0.433 e. The number of nitrogens with one attached hydrogen (secondary N) is 1. The standard InChI is InChI=1S/C22H22F3N5O3/c1-12(2)11-29-19-14(5-3-13-4-8-16(26-9-13)22(23,24)25)10-27-30(19)21(33)17(20(29)32)18(31)28-15-6-7-15/h3-5,8-10,12,15,32H,6-7,11H2,1-2H3,(H,28,31)/b5-3+. The zero-order chi connectivity index (χ0) is 23.9. The Bertz CT molecular complexity index is 1290. The van der Waals surface area contributed by atoms with Crippen LogP contribution < -0.4 is 10.9 Å². The number of carbonyl (C=O) groups is 1. The number of aromatic nitrogens is 4. The third kappa shape index (κ3) is 4.62. The number of rotatable bonds is 6.